The van der Waals surface area contributed by atoms with E-state index in [1.807, 2.05) is 11.9 Å². The molecule has 0 saturated carbocycles. The first-order valence-corrected chi connectivity index (χ1v) is 8.38. The lowest BCUT2D eigenvalue weighted by Gasteiger charge is -2.32. The topological polar surface area (TPSA) is 36.0 Å². The molecular weight excluding hydrogens is 266 g/mol. The van der Waals surface area contributed by atoms with Gasteiger partial charge in [-0.25, -0.2) is 0 Å². The molecule has 2 rings (SSSR count). The van der Waals surface area contributed by atoms with E-state index >= 15 is 0 Å². The Bertz CT molecular complexity index is 319. The van der Waals surface area contributed by atoms with E-state index in [0.29, 0.717) is 11.8 Å². The summed E-state index contributed by atoms with van der Waals surface area (Å²) < 4.78 is 5.37. The molecule has 0 aromatic rings. The van der Waals surface area contributed by atoms with E-state index in [-0.39, 0.29) is 0 Å². The smallest absolute Gasteiger partial charge is 0.222 e. The van der Waals surface area contributed by atoms with Crippen LogP contribution in [0.4, 0.5) is 0 Å². The SMILES string of the molecule is CN(CCCCN1CCOCC1)CC1CCC(=O)N(C)C1. The minimum Gasteiger partial charge on any atom is -0.379 e. The molecule has 2 aliphatic rings. The fourth-order valence-corrected chi connectivity index (χ4v) is 3.32. The van der Waals surface area contributed by atoms with Crippen molar-refractivity contribution in [2.45, 2.75) is 25.7 Å². The Balaban J connectivity index is 1.53. The molecule has 1 unspecified atom stereocenters. The van der Waals surface area contributed by atoms with Crippen molar-refractivity contribution in [2.75, 3.05) is 66.6 Å². The van der Waals surface area contributed by atoms with Crippen LogP contribution in [0.2, 0.25) is 0 Å². The van der Waals surface area contributed by atoms with E-state index in [4.69, 9.17) is 4.74 Å². The van der Waals surface area contributed by atoms with E-state index in [0.717, 1.165) is 52.2 Å². The predicted octanol–water partition coefficient (Wildman–Crippen LogP) is 0.899. The van der Waals surface area contributed by atoms with E-state index in [1.165, 1.54) is 25.9 Å². The van der Waals surface area contributed by atoms with E-state index < -0.39 is 0 Å². The Morgan fingerprint density at radius 3 is 2.76 bits per heavy atom. The number of ether oxygens (including phenoxy) is 1. The lowest BCUT2D eigenvalue weighted by molar-refractivity contribution is -0.133. The zero-order valence-corrected chi connectivity index (χ0v) is 13.7. The van der Waals surface area contributed by atoms with Gasteiger partial charge >= 0.3 is 0 Å². The summed E-state index contributed by atoms with van der Waals surface area (Å²) in [5.41, 5.74) is 0. The average molecular weight is 297 g/mol. The Morgan fingerprint density at radius 1 is 1.29 bits per heavy atom. The van der Waals surface area contributed by atoms with Gasteiger partial charge in [0.25, 0.3) is 0 Å². The highest BCUT2D eigenvalue weighted by Crippen LogP contribution is 2.17. The Labute approximate surface area is 129 Å². The van der Waals surface area contributed by atoms with Crippen molar-refractivity contribution < 1.29 is 9.53 Å². The van der Waals surface area contributed by atoms with E-state index in [2.05, 4.69) is 16.8 Å². The number of carbonyl (C=O) groups excluding carboxylic acids is 1. The summed E-state index contributed by atoms with van der Waals surface area (Å²) in [6.45, 7) is 8.40. The summed E-state index contributed by atoms with van der Waals surface area (Å²) in [6.07, 6.45) is 4.32. The number of morpholine rings is 1. The van der Waals surface area contributed by atoms with Gasteiger partial charge in [0.05, 0.1) is 13.2 Å². The van der Waals surface area contributed by atoms with Gasteiger partial charge in [0, 0.05) is 39.6 Å². The number of hydrogen-bond acceptors (Lipinski definition) is 4. The molecule has 2 fully saturated rings. The van der Waals surface area contributed by atoms with Crippen LogP contribution in [0.3, 0.4) is 0 Å². The largest absolute Gasteiger partial charge is 0.379 e. The van der Waals surface area contributed by atoms with Gasteiger partial charge in [0.1, 0.15) is 0 Å². The molecule has 1 atom stereocenters. The van der Waals surface area contributed by atoms with Gasteiger partial charge in [-0.1, -0.05) is 0 Å². The minimum absolute atomic E-state index is 0.305. The highest BCUT2D eigenvalue weighted by atomic mass is 16.5. The first-order valence-electron chi connectivity index (χ1n) is 8.38. The number of likely N-dealkylation sites (tertiary alicyclic amines) is 1. The maximum absolute atomic E-state index is 11.5. The third-order valence-electron chi connectivity index (χ3n) is 4.66. The van der Waals surface area contributed by atoms with Gasteiger partial charge in [-0.15, -0.1) is 0 Å². The number of unbranched alkanes of at least 4 members (excludes halogenated alkanes) is 1. The number of amides is 1. The number of piperidine rings is 1. The van der Waals surface area contributed by atoms with Gasteiger partial charge in [0.2, 0.25) is 5.91 Å². The normalized spacial score (nSPS) is 24.8. The molecule has 122 valence electrons. The number of nitrogens with zero attached hydrogens (tertiary/aromatic N) is 3. The molecular formula is C16H31N3O2. The Morgan fingerprint density at radius 2 is 2.05 bits per heavy atom. The van der Waals surface area contributed by atoms with Crippen LogP contribution in [0.15, 0.2) is 0 Å². The van der Waals surface area contributed by atoms with Crippen LogP contribution in [-0.2, 0) is 9.53 Å². The van der Waals surface area contributed by atoms with E-state index in [1.54, 1.807) is 0 Å². The first-order chi connectivity index (χ1) is 10.1. The molecule has 2 heterocycles. The van der Waals surface area contributed by atoms with Crippen LogP contribution in [0.25, 0.3) is 0 Å². The van der Waals surface area contributed by atoms with Gasteiger partial charge in [0.15, 0.2) is 0 Å². The second-order valence-electron chi connectivity index (χ2n) is 6.60. The third-order valence-corrected chi connectivity index (χ3v) is 4.66. The molecule has 2 aliphatic heterocycles. The predicted molar refractivity (Wildman–Crippen MR) is 84.4 cm³/mol. The van der Waals surface area contributed by atoms with Crippen molar-refractivity contribution in [2.24, 2.45) is 5.92 Å². The molecule has 5 heteroatoms. The van der Waals surface area contributed by atoms with Crippen LogP contribution in [0, 0.1) is 5.92 Å². The van der Waals surface area contributed by atoms with E-state index in [9.17, 15) is 4.79 Å². The molecule has 2 saturated heterocycles. The zero-order valence-electron chi connectivity index (χ0n) is 13.7. The lowest BCUT2D eigenvalue weighted by atomic mass is 9.97. The number of carbonyl (C=O) groups is 1. The van der Waals surface area contributed by atoms with Crippen molar-refractivity contribution in [1.82, 2.24) is 14.7 Å². The van der Waals surface area contributed by atoms with Gasteiger partial charge in [-0.2, -0.15) is 0 Å². The quantitative estimate of drug-likeness (QED) is 0.654. The van der Waals surface area contributed by atoms with Crippen molar-refractivity contribution in [1.29, 1.82) is 0 Å². The van der Waals surface area contributed by atoms with Gasteiger partial charge < -0.3 is 14.5 Å². The van der Waals surface area contributed by atoms with Gasteiger partial charge in [-0.05, 0) is 45.3 Å². The standard InChI is InChI=1S/C16H31N3O2/c1-17(13-15-5-6-16(20)18(2)14-15)7-3-4-8-19-9-11-21-12-10-19/h15H,3-14H2,1-2H3. The van der Waals surface area contributed by atoms with Crippen LogP contribution >= 0.6 is 0 Å². The van der Waals surface area contributed by atoms with Crippen LogP contribution < -0.4 is 0 Å². The molecule has 0 aliphatic carbocycles. The van der Waals surface area contributed by atoms with Crippen molar-refractivity contribution >= 4 is 5.91 Å². The molecule has 5 nitrogen and oxygen atoms in total. The fraction of sp³-hybridized carbons (Fsp3) is 0.938. The Kier molecular flexibility index (Phi) is 6.93. The summed E-state index contributed by atoms with van der Waals surface area (Å²) in [5, 5.41) is 0. The monoisotopic (exact) mass is 297 g/mol. The number of hydrogen-bond donors (Lipinski definition) is 0. The fourth-order valence-electron chi connectivity index (χ4n) is 3.32. The molecule has 0 radical (unpaired) electrons. The van der Waals surface area contributed by atoms with Crippen LogP contribution in [0.5, 0.6) is 0 Å². The number of rotatable bonds is 7. The second kappa shape index (κ2) is 8.71. The molecule has 0 spiro atoms. The zero-order chi connectivity index (χ0) is 15.1. The molecule has 0 aromatic carbocycles. The summed E-state index contributed by atoms with van der Waals surface area (Å²) in [4.78, 5) is 18.3. The second-order valence-corrected chi connectivity index (χ2v) is 6.60. The van der Waals surface area contributed by atoms with Crippen LogP contribution in [0.1, 0.15) is 25.7 Å². The first kappa shape index (κ1) is 16.7. The summed E-state index contributed by atoms with van der Waals surface area (Å²) in [7, 11) is 4.14. The maximum Gasteiger partial charge on any atom is 0.222 e. The van der Waals surface area contributed by atoms with Crippen molar-refractivity contribution in [3.63, 3.8) is 0 Å². The minimum atomic E-state index is 0.305. The van der Waals surface area contributed by atoms with Crippen molar-refractivity contribution in [3.8, 4) is 0 Å². The molecule has 0 N–H and O–H groups in total. The molecule has 0 bridgehead atoms. The van der Waals surface area contributed by atoms with Crippen molar-refractivity contribution in [3.05, 3.63) is 0 Å². The van der Waals surface area contributed by atoms with Crippen LogP contribution in [-0.4, -0.2) is 87.2 Å². The summed E-state index contributed by atoms with van der Waals surface area (Å²) in [5.74, 6) is 0.955. The maximum atomic E-state index is 11.5. The molecule has 0 aromatic heterocycles. The summed E-state index contributed by atoms with van der Waals surface area (Å²) in [6, 6.07) is 0. The molecule has 21 heavy (non-hydrogen) atoms. The van der Waals surface area contributed by atoms with Gasteiger partial charge in [-0.3, -0.25) is 9.69 Å². The lowest BCUT2D eigenvalue weighted by Crippen LogP contribution is -2.41. The Hall–Kier alpha value is -0.650. The summed E-state index contributed by atoms with van der Waals surface area (Å²) >= 11 is 0. The third kappa shape index (κ3) is 5.93. The highest BCUT2D eigenvalue weighted by Gasteiger charge is 2.23. The average Bonchev–Trinajstić information content (AvgIpc) is 2.49. The highest BCUT2D eigenvalue weighted by molar-refractivity contribution is 5.76. The molecule has 1 amide bonds.